The van der Waals surface area contributed by atoms with E-state index in [1.54, 1.807) is 17.0 Å². The van der Waals surface area contributed by atoms with Crippen molar-refractivity contribution in [2.24, 2.45) is 0 Å². The van der Waals surface area contributed by atoms with Crippen molar-refractivity contribution >= 4 is 27.7 Å². The van der Waals surface area contributed by atoms with Crippen LogP contribution in [0.1, 0.15) is 5.56 Å². The van der Waals surface area contributed by atoms with Crippen molar-refractivity contribution in [3.8, 4) is 5.75 Å². The molecule has 7 nitrogen and oxygen atoms in total. The molecule has 24 heavy (non-hydrogen) atoms. The minimum absolute atomic E-state index is 0.121. The van der Waals surface area contributed by atoms with Gasteiger partial charge < -0.3 is 9.64 Å². The first-order valence-electron chi connectivity index (χ1n) is 7.56. The summed E-state index contributed by atoms with van der Waals surface area (Å²) in [6.07, 6.45) is 0. The molecule has 9 heteroatoms. The summed E-state index contributed by atoms with van der Waals surface area (Å²) < 4.78 is 32.1. The second-order valence-electron chi connectivity index (χ2n) is 5.79. The maximum Gasteiger partial charge on any atom is 0.281 e. The quantitative estimate of drug-likeness (QED) is 0.769. The molecule has 0 aromatic heterocycles. The highest BCUT2D eigenvalue weighted by Gasteiger charge is 2.30. The molecular formula is C15H22ClN3O4S. The molecule has 0 saturated carbocycles. The van der Waals surface area contributed by atoms with E-state index in [0.29, 0.717) is 23.9 Å². The lowest BCUT2D eigenvalue weighted by Crippen LogP contribution is -2.53. The lowest BCUT2D eigenvalue weighted by atomic mass is 10.2. The van der Waals surface area contributed by atoms with Gasteiger partial charge in [0.25, 0.3) is 16.1 Å². The van der Waals surface area contributed by atoms with Crippen molar-refractivity contribution in [1.29, 1.82) is 0 Å². The summed E-state index contributed by atoms with van der Waals surface area (Å²) in [5.74, 6) is 0.285. The number of carbonyl (C=O) groups is 1. The number of ether oxygens (including phenoxy) is 1. The molecule has 1 aromatic rings. The summed E-state index contributed by atoms with van der Waals surface area (Å²) in [6, 6.07) is 5.36. The molecule has 0 spiro atoms. The molecular weight excluding hydrogens is 354 g/mol. The molecule has 134 valence electrons. The van der Waals surface area contributed by atoms with Gasteiger partial charge in [0, 0.05) is 40.3 Å². The number of amides is 1. The molecule has 1 saturated heterocycles. The second kappa shape index (κ2) is 7.69. The molecule has 1 aliphatic rings. The van der Waals surface area contributed by atoms with Gasteiger partial charge in [-0.1, -0.05) is 17.7 Å². The van der Waals surface area contributed by atoms with Crippen molar-refractivity contribution in [2.75, 3.05) is 46.9 Å². The molecule has 0 aliphatic carbocycles. The zero-order valence-corrected chi connectivity index (χ0v) is 15.6. The number of hydrogen-bond donors (Lipinski definition) is 0. The van der Waals surface area contributed by atoms with Gasteiger partial charge in [0.2, 0.25) is 0 Å². The van der Waals surface area contributed by atoms with Gasteiger partial charge in [0.05, 0.1) is 5.02 Å². The minimum Gasteiger partial charge on any atom is -0.482 e. The number of carbonyl (C=O) groups excluding carboxylic acids is 1. The molecule has 1 fully saturated rings. The van der Waals surface area contributed by atoms with Gasteiger partial charge in [-0.05, 0) is 24.6 Å². The predicted molar refractivity (Wildman–Crippen MR) is 92.4 cm³/mol. The Morgan fingerprint density at radius 2 is 1.88 bits per heavy atom. The molecule has 1 aromatic carbocycles. The van der Waals surface area contributed by atoms with Crippen LogP contribution in [0.4, 0.5) is 0 Å². The van der Waals surface area contributed by atoms with Crippen LogP contribution in [0, 0.1) is 6.92 Å². The predicted octanol–water partition coefficient (Wildman–Crippen LogP) is 0.978. The molecule has 0 bridgehead atoms. The third-order valence-electron chi connectivity index (χ3n) is 3.82. The van der Waals surface area contributed by atoms with Crippen LogP contribution in [0.2, 0.25) is 5.02 Å². The number of nitrogens with zero attached hydrogens (tertiary/aromatic N) is 3. The highest BCUT2D eigenvalue weighted by Crippen LogP contribution is 2.25. The standard InChI is InChI=1S/C15H22ClN3O4S/c1-12-4-5-13(16)14(10-12)23-11-15(20)18-6-8-19(9-7-18)24(21,22)17(2)3/h4-5,10H,6-9,11H2,1-3H3. The van der Waals surface area contributed by atoms with Crippen LogP contribution in [-0.2, 0) is 15.0 Å². The SMILES string of the molecule is Cc1ccc(Cl)c(OCC(=O)N2CCN(S(=O)(=O)N(C)C)CC2)c1. The fraction of sp³-hybridized carbons (Fsp3) is 0.533. The van der Waals surface area contributed by atoms with Gasteiger partial charge in [0.15, 0.2) is 6.61 Å². The Bertz CT molecular complexity index is 701. The summed E-state index contributed by atoms with van der Waals surface area (Å²) in [6.45, 7) is 3.03. The monoisotopic (exact) mass is 375 g/mol. The van der Waals surface area contributed by atoms with Crippen LogP contribution < -0.4 is 4.74 Å². The largest absolute Gasteiger partial charge is 0.482 e. The highest BCUT2D eigenvalue weighted by molar-refractivity contribution is 7.86. The maximum atomic E-state index is 12.2. The lowest BCUT2D eigenvalue weighted by molar-refractivity contribution is -0.134. The van der Waals surface area contributed by atoms with Crippen molar-refractivity contribution < 1.29 is 17.9 Å². The van der Waals surface area contributed by atoms with E-state index in [1.165, 1.54) is 22.7 Å². The van der Waals surface area contributed by atoms with E-state index in [1.807, 2.05) is 13.0 Å². The maximum absolute atomic E-state index is 12.2. The average Bonchev–Trinajstić information content (AvgIpc) is 2.55. The minimum atomic E-state index is -3.43. The van der Waals surface area contributed by atoms with E-state index in [9.17, 15) is 13.2 Å². The first-order valence-corrected chi connectivity index (χ1v) is 9.33. The number of halogens is 1. The number of aryl methyl sites for hydroxylation is 1. The summed E-state index contributed by atoms with van der Waals surface area (Å²) in [7, 11) is -0.450. The Morgan fingerprint density at radius 1 is 1.25 bits per heavy atom. The first-order chi connectivity index (χ1) is 11.2. The topological polar surface area (TPSA) is 70.2 Å². The average molecular weight is 376 g/mol. The summed E-state index contributed by atoms with van der Waals surface area (Å²) in [4.78, 5) is 13.8. The van der Waals surface area contributed by atoms with E-state index < -0.39 is 10.2 Å². The molecule has 1 aliphatic heterocycles. The molecule has 1 heterocycles. The zero-order valence-electron chi connectivity index (χ0n) is 14.0. The number of rotatable bonds is 5. The van der Waals surface area contributed by atoms with Gasteiger partial charge in [-0.3, -0.25) is 4.79 Å². The Kier molecular flexibility index (Phi) is 6.08. The molecule has 0 radical (unpaired) electrons. The summed E-state index contributed by atoms with van der Waals surface area (Å²) >= 11 is 6.04. The van der Waals surface area contributed by atoms with E-state index in [-0.39, 0.29) is 25.6 Å². The van der Waals surface area contributed by atoms with Crippen molar-refractivity contribution in [2.45, 2.75) is 6.92 Å². The van der Waals surface area contributed by atoms with Crippen molar-refractivity contribution in [1.82, 2.24) is 13.5 Å². The smallest absolute Gasteiger partial charge is 0.281 e. The highest BCUT2D eigenvalue weighted by atomic mass is 35.5. The molecule has 1 amide bonds. The van der Waals surface area contributed by atoms with Gasteiger partial charge in [0.1, 0.15) is 5.75 Å². The third kappa shape index (κ3) is 4.38. The fourth-order valence-corrected chi connectivity index (χ4v) is 3.61. The molecule has 0 unspecified atom stereocenters. The van der Waals surface area contributed by atoms with Crippen molar-refractivity contribution in [3.05, 3.63) is 28.8 Å². The Labute approximate surface area is 147 Å². The second-order valence-corrected chi connectivity index (χ2v) is 8.34. The number of piperazine rings is 1. The van der Waals surface area contributed by atoms with E-state index in [4.69, 9.17) is 16.3 Å². The van der Waals surface area contributed by atoms with Gasteiger partial charge >= 0.3 is 0 Å². The van der Waals surface area contributed by atoms with Crippen LogP contribution in [0.5, 0.6) is 5.75 Å². The van der Waals surface area contributed by atoms with Crippen LogP contribution in [-0.4, -0.2) is 74.7 Å². The van der Waals surface area contributed by atoms with Crippen LogP contribution >= 0.6 is 11.6 Å². The Balaban J connectivity index is 1.88. The number of hydrogen-bond acceptors (Lipinski definition) is 4. The third-order valence-corrected chi connectivity index (χ3v) is 6.07. The zero-order chi connectivity index (χ0) is 17.9. The van der Waals surface area contributed by atoms with Crippen molar-refractivity contribution in [3.63, 3.8) is 0 Å². The fourth-order valence-electron chi connectivity index (χ4n) is 2.35. The van der Waals surface area contributed by atoms with Crippen LogP contribution in [0.15, 0.2) is 18.2 Å². The Hall–Kier alpha value is -1.35. The van der Waals surface area contributed by atoms with E-state index >= 15 is 0 Å². The normalized spacial score (nSPS) is 16.5. The van der Waals surface area contributed by atoms with Gasteiger partial charge in [-0.15, -0.1) is 0 Å². The molecule has 0 atom stereocenters. The Morgan fingerprint density at radius 3 is 2.46 bits per heavy atom. The summed E-state index contributed by atoms with van der Waals surface area (Å²) in [5.41, 5.74) is 0.990. The first kappa shape index (κ1) is 19.0. The summed E-state index contributed by atoms with van der Waals surface area (Å²) in [5, 5.41) is 0.454. The molecule has 0 N–H and O–H groups in total. The lowest BCUT2D eigenvalue weighted by Gasteiger charge is -2.35. The van der Waals surface area contributed by atoms with Gasteiger partial charge in [-0.2, -0.15) is 17.0 Å². The van der Waals surface area contributed by atoms with Crippen LogP contribution in [0.25, 0.3) is 0 Å². The van der Waals surface area contributed by atoms with Crippen LogP contribution in [0.3, 0.4) is 0 Å². The number of benzene rings is 1. The van der Waals surface area contributed by atoms with E-state index in [2.05, 4.69) is 0 Å². The van der Waals surface area contributed by atoms with Gasteiger partial charge in [-0.25, -0.2) is 0 Å². The van der Waals surface area contributed by atoms with E-state index in [0.717, 1.165) is 5.56 Å². The molecule has 2 rings (SSSR count).